The maximum atomic E-state index is 5.03. The number of thiol groups is 1. The van der Waals surface area contributed by atoms with E-state index in [1.807, 2.05) is 0 Å². The fraction of sp³-hybridized carbons (Fsp3) is 1.00. The lowest BCUT2D eigenvalue weighted by Gasteiger charge is -1.97. The van der Waals surface area contributed by atoms with Gasteiger partial charge in [-0.15, -0.1) is 0 Å². The molecule has 0 aromatic rings. The molecular formula is C2H6S7. The van der Waals surface area contributed by atoms with Gasteiger partial charge in [0.15, 0.2) is 0 Å². The summed E-state index contributed by atoms with van der Waals surface area (Å²) in [5.74, 6) is 1.09. The van der Waals surface area contributed by atoms with Gasteiger partial charge in [-0.1, -0.05) is 29.4 Å². The van der Waals surface area contributed by atoms with E-state index in [4.69, 9.17) is 22.4 Å². The molecule has 0 aromatic carbocycles. The molecule has 0 radical (unpaired) electrons. The maximum Gasteiger partial charge on any atom is 0.0207 e. The summed E-state index contributed by atoms with van der Waals surface area (Å²) in [6.45, 7) is 2.10. The van der Waals surface area contributed by atoms with Crippen LogP contribution in [0.25, 0.3) is 0 Å². The Balaban J connectivity index is 3.39. The zero-order valence-electron chi connectivity index (χ0n) is 4.60. The molecule has 0 amide bonds. The Morgan fingerprint density at radius 1 is 1.56 bits per heavy atom. The molecule has 0 aromatic heterocycles. The molecule has 0 bridgehead atoms. The highest BCUT2D eigenvalue weighted by atomic mass is 34.0. The maximum absolute atomic E-state index is 5.03. The molecule has 2 unspecified atom stereocenters. The van der Waals surface area contributed by atoms with E-state index in [0.717, 1.165) is 5.75 Å². The van der Waals surface area contributed by atoms with Gasteiger partial charge in [-0.3, -0.25) is 0 Å². The molecule has 0 aliphatic heterocycles. The van der Waals surface area contributed by atoms with Crippen LogP contribution in [0.1, 0.15) is 6.92 Å². The van der Waals surface area contributed by atoms with E-state index in [9.17, 15) is 0 Å². The van der Waals surface area contributed by atoms with Crippen LogP contribution in [-0.2, 0) is 37.4 Å². The molecule has 9 heavy (non-hydrogen) atoms. The van der Waals surface area contributed by atoms with Crippen molar-refractivity contribution < 1.29 is 0 Å². The van der Waals surface area contributed by atoms with Crippen molar-refractivity contribution in [3.8, 4) is 0 Å². The molecule has 0 rings (SSSR count). The van der Waals surface area contributed by atoms with Crippen LogP contribution in [0.5, 0.6) is 0 Å². The van der Waals surface area contributed by atoms with Crippen LogP contribution in [0.15, 0.2) is 0 Å². The van der Waals surface area contributed by atoms with Gasteiger partial charge >= 0.3 is 0 Å². The Bertz CT molecular complexity index is 116. The molecule has 0 spiro atoms. The van der Waals surface area contributed by atoms with Crippen molar-refractivity contribution in [2.24, 2.45) is 0 Å². The number of hydrogen-bond acceptors (Lipinski definition) is 4. The van der Waals surface area contributed by atoms with Crippen molar-refractivity contribution in [2.45, 2.75) is 6.92 Å². The van der Waals surface area contributed by atoms with E-state index in [1.54, 1.807) is 20.6 Å². The molecule has 7 heteroatoms. The molecule has 0 saturated heterocycles. The van der Waals surface area contributed by atoms with Gasteiger partial charge in [0.05, 0.1) is 0 Å². The third kappa shape index (κ3) is 6.58. The minimum absolute atomic E-state index is 0.152. The van der Waals surface area contributed by atoms with Crippen molar-refractivity contribution in [1.29, 1.82) is 0 Å². The highest BCUT2D eigenvalue weighted by Gasteiger charge is 1.95. The molecule has 2 atom stereocenters. The molecule has 0 aliphatic rings. The lowest BCUT2D eigenvalue weighted by molar-refractivity contribution is 1.54. The minimum Gasteiger partial charge on any atom is -0.0950 e. The highest BCUT2D eigenvalue weighted by molar-refractivity contribution is 9.36. The molecule has 56 valence electrons. The Hall–Kier alpha value is 2.19. The smallest absolute Gasteiger partial charge is 0.0207 e. The second-order valence-electron chi connectivity index (χ2n) is 0.896. The first-order valence-electron chi connectivity index (χ1n) is 2.01. The lowest BCUT2D eigenvalue weighted by atomic mass is 11.0. The summed E-state index contributed by atoms with van der Waals surface area (Å²) >= 11 is 14.0. The third-order valence-electron chi connectivity index (χ3n) is 0.338. The van der Waals surface area contributed by atoms with Gasteiger partial charge < -0.3 is 0 Å². The first kappa shape index (κ1) is 11.2. The van der Waals surface area contributed by atoms with Crippen molar-refractivity contribution >= 4 is 69.7 Å². The van der Waals surface area contributed by atoms with Gasteiger partial charge in [-0.05, 0) is 32.2 Å². The second-order valence-corrected chi connectivity index (χ2v) is 15.1. The third-order valence-corrected chi connectivity index (χ3v) is 16.3. The Labute approximate surface area is 81.5 Å². The number of hydrogen-bond donors (Lipinski definition) is 1. The highest BCUT2D eigenvalue weighted by Crippen LogP contribution is 2.28. The fourth-order valence-electron chi connectivity index (χ4n) is 0.111. The monoisotopic (exact) mass is 254 g/mol. The van der Waals surface area contributed by atoms with Gasteiger partial charge in [-0.25, -0.2) is 0 Å². The van der Waals surface area contributed by atoms with Crippen LogP contribution < -0.4 is 0 Å². The van der Waals surface area contributed by atoms with Crippen molar-refractivity contribution in [3.63, 3.8) is 0 Å². The Morgan fingerprint density at radius 2 is 2.11 bits per heavy atom. The summed E-state index contributed by atoms with van der Waals surface area (Å²) in [4.78, 5) is 0. The van der Waals surface area contributed by atoms with E-state index in [2.05, 4.69) is 18.6 Å². The molecule has 0 nitrogen and oxygen atoms in total. The average molecular weight is 255 g/mol. The van der Waals surface area contributed by atoms with Gasteiger partial charge in [0, 0.05) is 20.8 Å². The van der Waals surface area contributed by atoms with Gasteiger partial charge in [0.1, 0.15) is 0 Å². The van der Waals surface area contributed by atoms with Crippen LogP contribution in [-0.4, -0.2) is 5.75 Å². The molecule has 0 aliphatic carbocycles. The van der Waals surface area contributed by atoms with Gasteiger partial charge in [0.2, 0.25) is 0 Å². The lowest BCUT2D eigenvalue weighted by Crippen LogP contribution is -1.78. The van der Waals surface area contributed by atoms with E-state index in [0.29, 0.717) is 0 Å². The first-order valence-corrected chi connectivity index (χ1v) is 10.7. The summed E-state index contributed by atoms with van der Waals surface area (Å²) in [5.41, 5.74) is 0. The van der Waals surface area contributed by atoms with Crippen LogP contribution in [0.4, 0.5) is 0 Å². The largest absolute Gasteiger partial charge is 0.0950 e. The number of rotatable bonds is 4. The summed E-state index contributed by atoms with van der Waals surface area (Å²) in [6, 6.07) is 0. The zero-order chi connectivity index (χ0) is 7.28. The second kappa shape index (κ2) is 6.87. The zero-order valence-corrected chi connectivity index (χ0v) is 10.4. The Kier molecular flexibility index (Phi) is 8.55. The van der Waals surface area contributed by atoms with E-state index in [1.165, 1.54) is 0 Å². The van der Waals surface area contributed by atoms with Crippen LogP contribution in [0.3, 0.4) is 0 Å². The van der Waals surface area contributed by atoms with Crippen LogP contribution in [0, 0.1) is 0 Å². The average Bonchev–Trinajstić information content (AvgIpc) is 1.82. The minimum atomic E-state index is -0.299. The molecule has 0 fully saturated rings. The quantitative estimate of drug-likeness (QED) is 0.603. The Morgan fingerprint density at radius 3 is 2.44 bits per heavy atom. The van der Waals surface area contributed by atoms with Crippen LogP contribution in [0.2, 0.25) is 0 Å². The van der Waals surface area contributed by atoms with Crippen LogP contribution >= 0.6 is 32.3 Å². The summed E-state index contributed by atoms with van der Waals surface area (Å²) in [5, 5.41) is 0. The first-order chi connectivity index (χ1) is 4.18. The van der Waals surface area contributed by atoms with E-state index < -0.39 is 0 Å². The predicted octanol–water partition coefficient (Wildman–Crippen LogP) is 2.22. The molecule has 0 saturated carbocycles. The SMILES string of the molecule is CCSSS(=S)S(=S)S. The molecule has 0 heterocycles. The van der Waals surface area contributed by atoms with Gasteiger partial charge in [0.25, 0.3) is 0 Å². The molecular weight excluding hydrogens is 248 g/mol. The summed E-state index contributed by atoms with van der Waals surface area (Å²) < 4.78 is 0. The fourth-order valence-corrected chi connectivity index (χ4v) is 10.3. The molecule has 0 N–H and O–H groups in total. The normalized spacial score (nSPS) is 17.1. The standard InChI is InChI=1S/C2H6S7/c1-2-6-7-9(5)8(3)4/h2H2,1H3,(H,3,4). The summed E-state index contributed by atoms with van der Waals surface area (Å²) in [7, 11) is 2.99. The summed E-state index contributed by atoms with van der Waals surface area (Å²) in [6.07, 6.45) is 0. The topological polar surface area (TPSA) is 0 Å². The van der Waals surface area contributed by atoms with Crippen molar-refractivity contribution in [1.82, 2.24) is 0 Å². The van der Waals surface area contributed by atoms with Gasteiger partial charge in [-0.2, -0.15) is 0 Å². The van der Waals surface area contributed by atoms with E-state index >= 15 is 0 Å². The van der Waals surface area contributed by atoms with Crippen molar-refractivity contribution in [3.05, 3.63) is 0 Å². The van der Waals surface area contributed by atoms with Crippen molar-refractivity contribution in [2.75, 3.05) is 5.75 Å². The van der Waals surface area contributed by atoms with E-state index in [-0.39, 0.29) is 15.0 Å². The predicted molar refractivity (Wildman–Crippen MR) is 64.2 cm³/mol.